The molecule has 0 bridgehead atoms. The SMILES string of the molecule is CC(=O)N1CC[C@H](C)CC12CCC2. The van der Waals surface area contributed by atoms with Crippen molar-refractivity contribution in [2.75, 3.05) is 6.54 Å². The molecule has 0 unspecified atom stereocenters. The van der Waals surface area contributed by atoms with Gasteiger partial charge in [-0.1, -0.05) is 6.92 Å². The lowest BCUT2D eigenvalue weighted by Gasteiger charge is -2.54. The number of piperidine rings is 1. The minimum atomic E-state index is 0.284. The molecule has 1 saturated carbocycles. The number of likely N-dealkylation sites (tertiary alicyclic amines) is 1. The van der Waals surface area contributed by atoms with Crippen molar-refractivity contribution in [3.8, 4) is 0 Å². The largest absolute Gasteiger partial charge is 0.337 e. The van der Waals surface area contributed by atoms with Gasteiger partial charge in [0.05, 0.1) is 0 Å². The lowest BCUT2D eigenvalue weighted by molar-refractivity contribution is -0.144. The summed E-state index contributed by atoms with van der Waals surface area (Å²) in [6, 6.07) is 0. The summed E-state index contributed by atoms with van der Waals surface area (Å²) in [6.07, 6.45) is 6.25. The first-order chi connectivity index (χ1) is 6.14. The first kappa shape index (κ1) is 9.04. The Labute approximate surface area is 80.3 Å². The van der Waals surface area contributed by atoms with E-state index in [0.717, 1.165) is 12.5 Å². The lowest BCUT2D eigenvalue weighted by atomic mass is 9.67. The number of rotatable bonds is 0. The van der Waals surface area contributed by atoms with E-state index in [-0.39, 0.29) is 5.91 Å². The van der Waals surface area contributed by atoms with Crippen LogP contribution in [0.1, 0.15) is 46.0 Å². The summed E-state index contributed by atoms with van der Waals surface area (Å²) in [7, 11) is 0. The van der Waals surface area contributed by atoms with E-state index in [2.05, 4.69) is 11.8 Å². The van der Waals surface area contributed by atoms with Crippen LogP contribution in [-0.4, -0.2) is 22.9 Å². The third-order valence-electron chi connectivity index (χ3n) is 3.81. The second-order valence-corrected chi connectivity index (χ2v) is 4.85. The summed E-state index contributed by atoms with van der Waals surface area (Å²) >= 11 is 0. The average molecular weight is 181 g/mol. The van der Waals surface area contributed by atoms with Gasteiger partial charge < -0.3 is 4.90 Å². The van der Waals surface area contributed by atoms with Gasteiger partial charge in [-0.25, -0.2) is 0 Å². The van der Waals surface area contributed by atoms with Crippen molar-refractivity contribution in [3.63, 3.8) is 0 Å². The molecule has 0 aromatic carbocycles. The fraction of sp³-hybridized carbons (Fsp3) is 0.909. The Morgan fingerprint density at radius 1 is 1.46 bits per heavy atom. The van der Waals surface area contributed by atoms with Gasteiger partial charge in [0.25, 0.3) is 0 Å². The van der Waals surface area contributed by atoms with Gasteiger partial charge in [-0.3, -0.25) is 4.79 Å². The topological polar surface area (TPSA) is 20.3 Å². The molecule has 0 aromatic rings. The Bertz CT molecular complexity index is 220. The molecule has 2 nitrogen and oxygen atoms in total. The minimum Gasteiger partial charge on any atom is -0.337 e. The van der Waals surface area contributed by atoms with Gasteiger partial charge in [0.2, 0.25) is 5.91 Å². The second kappa shape index (κ2) is 3.00. The van der Waals surface area contributed by atoms with Gasteiger partial charge in [0.15, 0.2) is 0 Å². The fourth-order valence-electron chi connectivity index (χ4n) is 3.00. The van der Waals surface area contributed by atoms with Crippen LogP contribution in [0.25, 0.3) is 0 Å². The molecule has 1 aliphatic heterocycles. The van der Waals surface area contributed by atoms with Crippen molar-refractivity contribution >= 4 is 5.91 Å². The molecular weight excluding hydrogens is 162 g/mol. The van der Waals surface area contributed by atoms with Gasteiger partial charge in [-0.05, 0) is 38.0 Å². The molecule has 1 amide bonds. The van der Waals surface area contributed by atoms with E-state index in [9.17, 15) is 4.79 Å². The molecule has 1 spiro atoms. The highest BCUT2D eigenvalue weighted by Crippen LogP contribution is 2.45. The van der Waals surface area contributed by atoms with Gasteiger partial charge in [0.1, 0.15) is 0 Å². The number of carbonyl (C=O) groups excluding carboxylic acids is 1. The van der Waals surface area contributed by atoms with Crippen LogP contribution in [0, 0.1) is 5.92 Å². The van der Waals surface area contributed by atoms with Crippen LogP contribution in [0.4, 0.5) is 0 Å². The van der Waals surface area contributed by atoms with Crippen LogP contribution in [-0.2, 0) is 4.79 Å². The summed E-state index contributed by atoms with van der Waals surface area (Å²) < 4.78 is 0. The van der Waals surface area contributed by atoms with Gasteiger partial charge in [-0.15, -0.1) is 0 Å². The van der Waals surface area contributed by atoms with Crippen LogP contribution >= 0.6 is 0 Å². The van der Waals surface area contributed by atoms with Crippen LogP contribution in [0.5, 0.6) is 0 Å². The molecule has 0 aromatic heterocycles. The van der Waals surface area contributed by atoms with Gasteiger partial charge >= 0.3 is 0 Å². The van der Waals surface area contributed by atoms with Crippen molar-refractivity contribution < 1.29 is 4.79 Å². The molecule has 0 N–H and O–H groups in total. The third kappa shape index (κ3) is 1.36. The van der Waals surface area contributed by atoms with E-state index in [0.29, 0.717) is 5.54 Å². The van der Waals surface area contributed by atoms with Crippen LogP contribution < -0.4 is 0 Å². The van der Waals surface area contributed by atoms with Crippen LogP contribution in [0.3, 0.4) is 0 Å². The highest BCUT2D eigenvalue weighted by atomic mass is 16.2. The molecule has 0 radical (unpaired) electrons. The lowest BCUT2D eigenvalue weighted by Crippen LogP contribution is -2.59. The van der Waals surface area contributed by atoms with Crippen molar-refractivity contribution in [1.82, 2.24) is 4.90 Å². The van der Waals surface area contributed by atoms with E-state index < -0.39 is 0 Å². The zero-order valence-corrected chi connectivity index (χ0v) is 8.68. The molecule has 2 heteroatoms. The number of hydrogen-bond acceptors (Lipinski definition) is 1. The van der Waals surface area contributed by atoms with E-state index >= 15 is 0 Å². The van der Waals surface area contributed by atoms with Gasteiger partial charge in [-0.2, -0.15) is 0 Å². The van der Waals surface area contributed by atoms with Crippen molar-refractivity contribution in [3.05, 3.63) is 0 Å². The summed E-state index contributed by atoms with van der Waals surface area (Å²) in [6.45, 7) is 5.03. The molecule has 2 rings (SSSR count). The maximum absolute atomic E-state index is 11.4. The molecule has 13 heavy (non-hydrogen) atoms. The Morgan fingerprint density at radius 3 is 2.62 bits per heavy atom. The third-order valence-corrected chi connectivity index (χ3v) is 3.81. The molecule has 2 fully saturated rings. The quantitative estimate of drug-likeness (QED) is 0.561. The van der Waals surface area contributed by atoms with Crippen molar-refractivity contribution in [2.24, 2.45) is 5.92 Å². The minimum absolute atomic E-state index is 0.284. The Kier molecular flexibility index (Phi) is 2.09. The number of nitrogens with zero attached hydrogens (tertiary/aromatic N) is 1. The first-order valence-electron chi connectivity index (χ1n) is 5.42. The number of hydrogen-bond donors (Lipinski definition) is 0. The monoisotopic (exact) mass is 181 g/mol. The summed E-state index contributed by atoms with van der Waals surface area (Å²) in [5.41, 5.74) is 0.295. The summed E-state index contributed by atoms with van der Waals surface area (Å²) in [5.74, 6) is 1.10. The maximum atomic E-state index is 11.4. The average Bonchev–Trinajstić information content (AvgIpc) is 2.00. The van der Waals surface area contributed by atoms with Crippen LogP contribution in [0.2, 0.25) is 0 Å². The molecular formula is C11H19NO. The fourth-order valence-corrected chi connectivity index (χ4v) is 3.00. The van der Waals surface area contributed by atoms with E-state index in [4.69, 9.17) is 0 Å². The number of amides is 1. The normalized spacial score (nSPS) is 31.5. The Balaban J connectivity index is 2.13. The zero-order valence-electron chi connectivity index (χ0n) is 8.68. The molecule has 1 saturated heterocycles. The zero-order chi connectivity index (χ0) is 9.47. The summed E-state index contributed by atoms with van der Waals surface area (Å²) in [4.78, 5) is 13.6. The predicted molar refractivity (Wildman–Crippen MR) is 52.4 cm³/mol. The predicted octanol–water partition coefficient (Wildman–Crippen LogP) is 2.19. The Hall–Kier alpha value is -0.530. The molecule has 74 valence electrons. The second-order valence-electron chi connectivity index (χ2n) is 4.85. The highest BCUT2D eigenvalue weighted by molar-refractivity contribution is 5.74. The molecule has 1 atom stereocenters. The number of carbonyl (C=O) groups is 1. The summed E-state index contributed by atoms with van der Waals surface area (Å²) in [5, 5.41) is 0. The highest BCUT2D eigenvalue weighted by Gasteiger charge is 2.46. The van der Waals surface area contributed by atoms with E-state index in [1.54, 1.807) is 6.92 Å². The smallest absolute Gasteiger partial charge is 0.219 e. The van der Waals surface area contributed by atoms with Crippen LogP contribution in [0.15, 0.2) is 0 Å². The molecule has 1 aliphatic carbocycles. The first-order valence-corrected chi connectivity index (χ1v) is 5.42. The van der Waals surface area contributed by atoms with Crippen molar-refractivity contribution in [2.45, 2.75) is 51.5 Å². The van der Waals surface area contributed by atoms with E-state index in [1.807, 2.05) is 0 Å². The van der Waals surface area contributed by atoms with E-state index in [1.165, 1.54) is 32.1 Å². The maximum Gasteiger partial charge on any atom is 0.219 e. The molecule has 1 heterocycles. The van der Waals surface area contributed by atoms with Gasteiger partial charge in [0, 0.05) is 19.0 Å². The van der Waals surface area contributed by atoms with Crippen molar-refractivity contribution in [1.29, 1.82) is 0 Å². The molecule has 2 aliphatic rings. The standard InChI is InChI=1S/C11H19NO/c1-9-4-7-12(10(2)13)11(8-9)5-3-6-11/h9H,3-8H2,1-2H3/t9-/m0/s1. The Morgan fingerprint density at radius 2 is 2.15 bits per heavy atom.